The summed E-state index contributed by atoms with van der Waals surface area (Å²) in [6, 6.07) is 8.90. The molecule has 0 unspecified atom stereocenters. The van der Waals surface area contributed by atoms with Crippen molar-refractivity contribution in [2.45, 2.75) is 39.2 Å². The van der Waals surface area contributed by atoms with Crippen molar-refractivity contribution in [2.75, 3.05) is 0 Å². The van der Waals surface area contributed by atoms with Crippen molar-refractivity contribution in [3.63, 3.8) is 0 Å². The Morgan fingerprint density at radius 1 is 1.15 bits per heavy atom. The molecule has 2 amide bonds. The molecular weight excluding hydrogens is 252 g/mol. The van der Waals surface area contributed by atoms with Gasteiger partial charge in [0.15, 0.2) is 0 Å². The quantitative estimate of drug-likeness (QED) is 0.841. The maximum absolute atomic E-state index is 12.4. The lowest BCUT2D eigenvalue weighted by atomic mass is 9.96. The summed E-state index contributed by atoms with van der Waals surface area (Å²) in [4.78, 5) is 24.6. The monoisotopic (exact) mass is 272 g/mol. The lowest BCUT2D eigenvalue weighted by molar-refractivity contribution is -0.135. The molecule has 0 saturated heterocycles. The van der Waals surface area contributed by atoms with Crippen LogP contribution in [0.4, 0.5) is 0 Å². The van der Waals surface area contributed by atoms with Crippen molar-refractivity contribution in [3.05, 3.63) is 47.5 Å². The fraction of sp³-hybridized carbons (Fsp3) is 0.375. The first-order valence-corrected chi connectivity index (χ1v) is 6.79. The number of hydrogen-bond donors (Lipinski definition) is 1. The largest absolute Gasteiger partial charge is 0.269 e. The zero-order valence-electron chi connectivity index (χ0n) is 12.1. The molecule has 0 aromatic heterocycles. The van der Waals surface area contributed by atoms with Gasteiger partial charge in [-0.3, -0.25) is 15.0 Å². The number of rotatable bonds is 2. The van der Waals surface area contributed by atoms with E-state index in [-0.39, 0.29) is 11.8 Å². The van der Waals surface area contributed by atoms with E-state index in [0.717, 1.165) is 18.4 Å². The highest BCUT2D eigenvalue weighted by molar-refractivity contribution is 5.99. The Labute approximate surface area is 119 Å². The average molecular weight is 272 g/mol. The molecular formula is C16H20N2O2. The molecule has 1 N–H and O–H groups in total. The summed E-state index contributed by atoms with van der Waals surface area (Å²) in [5, 5.41) is 1.42. The molecule has 2 rings (SSSR count). The van der Waals surface area contributed by atoms with E-state index >= 15 is 0 Å². The molecule has 0 fully saturated rings. The minimum absolute atomic E-state index is 0.118. The zero-order valence-corrected chi connectivity index (χ0v) is 12.1. The van der Waals surface area contributed by atoms with Crippen LogP contribution in [0, 0.1) is 0 Å². The maximum Gasteiger partial charge on any atom is 0.269 e. The van der Waals surface area contributed by atoms with Crippen LogP contribution >= 0.6 is 0 Å². The Hall–Kier alpha value is -2.10. The normalized spacial score (nSPS) is 14.1. The summed E-state index contributed by atoms with van der Waals surface area (Å²) in [6.45, 7) is 5.69. The predicted molar refractivity (Wildman–Crippen MR) is 77.8 cm³/mol. The number of nitrogens with zero attached hydrogens (tertiary/aromatic N) is 1. The number of carbonyl (C=O) groups excluding carboxylic acids is 2. The Morgan fingerprint density at radius 2 is 1.75 bits per heavy atom. The number of hydrogen-bond acceptors (Lipinski definition) is 2. The fourth-order valence-corrected chi connectivity index (χ4v) is 1.91. The Balaban J connectivity index is 2.16. The molecule has 1 aliphatic carbocycles. The Bertz CT molecular complexity index is 541. The molecule has 0 saturated carbocycles. The standard InChI is InChI=1S/C16H20N2O2/c1-16(2,3)18(15(20)13-10-7-11-13)17-14(19)12-8-5-4-6-9-12/h4-6,8-10H,7,11H2,1-3H3,(H,17,19). The molecule has 106 valence electrons. The average Bonchev–Trinajstić information content (AvgIpc) is 2.33. The number of allylic oxidation sites excluding steroid dienone is 1. The van der Waals surface area contributed by atoms with Gasteiger partial charge in [0.1, 0.15) is 0 Å². The van der Waals surface area contributed by atoms with E-state index in [1.807, 2.05) is 32.9 Å². The first-order valence-electron chi connectivity index (χ1n) is 6.79. The van der Waals surface area contributed by atoms with E-state index in [4.69, 9.17) is 0 Å². The van der Waals surface area contributed by atoms with E-state index in [9.17, 15) is 9.59 Å². The van der Waals surface area contributed by atoms with Crippen LogP contribution in [0.2, 0.25) is 0 Å². The van der Waals surface area contributed by atoms with E-state index in [1.165, 1.54) is 5.01 Å². The van der Waals surface area contributed by atoms with E-state index in [2.05, 4.69) is 5.43 Å². The van der Waals surface area contributed by atoms with Gasteiger partial charge in [-0.25, -0.2) is 5.01 Å². The number of carbonyl (C=O) groups is 2. The maximum atomic E-state index is 12.4. The molecule has 0 spiro atoms. The Morgan fingerprint density at radius 3 is 2.20 bits per heavy atom. The van der Waals surface area contributed by atoms with Crippen molar-refractivity contribution < 1.29 is 9.59 Å². The van der Waals surface area contributed by atoms with Gasteiger partial charge in [-0.05, 0) is 45.7 Å². The van der Waals surface area contributed by atoms with Crippen LogP contribution in [0.25, 0.3) is 0 Å². The number of hydrazine groups is 1. The lowest BCUT2D eigenvalue weighted by Gasteiger charge is -2.37. The molecule has 0 atom stereocenters. The van der Waals surface area contributed by atoms with Gasteiger partial charge in [-0.1, -0.05) is 24.3 Å². The van der Waals surface area contributed by atoms with Gasteiger partial charge in [0.05, 0.1) is 5.54 Å². The highest BCUT2D eigenvalue weighted by Gasteiger charge is 2.31. The third-order valence-corrected chi connectivity index (χ3v) is 3.20. The second-order valence-electron chi connectivity index (χ2n) is 5.89. The zero-order chi connectivity index (χ0) is 14.8. The molecule has 0 radical (unpaired) electrons. The van der Waals surface area contributed by atoms with Crippen molar-refractivity contribution in [2.24, 2.45) is 0 Å². The first-order chi connectivity index (χ1) is 9.39. The van der Waals surface area contributed by atoms with Crippen LogP contribution in [0.15, 0.2) is 42.0 Å². The number of amides is 2. The summed E-state index contributed by atoms with van der Waals surface area (Å²) < 4.78 is 0. The molecule has 0 aliphatic heterocycles. The molecule has 0 bridgehead atoms. The van der Waals surface area contributed by atoms with Gasteiger partial charge in [-0.2, -0.15) is 0 Å². The minimum atomic E-state index is -0.474. The molecule has 1 aromatic rings. The third kappa shape index (κ3) is 3.07. The van der Waals surface area contributed by atoms with E-state index < -0.39 is 5.54 Å². The van der Waals surface area contributed by atoms with Gasteiger partial charge in [0, 0.05) is 11.1 Å². The topological polar surface area (TPSA) is 49.4 Å². The van der Waals surface area contributed by atoms with Crippen LogP contribution in [-0.2, 0) is 4.79 Å². The molecule has 0 heterocycles. The molecule has 4 nitrogen and oxygen atoms in total. The fourth-order valence-electron chi connectivity index (χ4n) is 1.91. The van der Waals surface area contributed by atoms with Crippen LogP contribution in [-0.4, -0.2) is 22.4 Å². The van der Waals surface area contributed by atoms with Crippen LogP contribution in [0.3, 0.4) is 0 Å². The van der Waals surface area contributed by atoms with Gasteiger partial charge in [0.2, 0.25) is 0 Å². The predicted octanol–water partition coefficient (Wildman–Crippen LogP) is 2.68. The smallest absolute Gasteiger partial charge is 0.268 e. The molecule has 1 aromatic carbocycles. The van der Waals surface area contributed by atoms with Gasteiger partial charge in [-0.15, -0.1) is 0 Å². The summed E-state index contributed by atoms with van der Waals surface area (Å²) in [7, 11) is 0. The SMILES string of the molecule is CC(C)(C)N(NC(=O)c1ccccc1)C(=O)C1=CCC1. The summed E-state index contributed by atoms with van der Waals surface area (Å²) in [5.41, 5.74) is 3.56. The van der Waals surface area contributed by atoms with E-state index in [1.54, 1.807) is 24.3 Å². The van der Waals surface area contributed by atoms with Crippen molar-refractivity contribution in [3.8, 4) is 0 Å². The van der Waals surface area contributed by atoms with Crippen molar-refractivity contribution in [1.82, 2.24) is 10.4 Å². The summed E-state index contributed by atoms with van der Waals surface area (Å²) >= 11 is 0. The molecule has 20 heavy (non-hydrogen) atoms. The first kappa shape index (κ1) is 14.3. The second-order valence-corrected chi connectivity index (χ2v) is 5.89. The molecule has 4 heteroatoms. The third-order valence-electron chi connectivity index (χ3n) is 3.20. The number of benzene rings is 1. The van der Waals surface area contributed by atoms with Crippen LogP contribution < -0.4 is 5.43 Å². The lowest BCUT2D eigenvalue weighted by Crippen LogP contribution is -2.56. The highest BCUT2D eigenvalue weighted by atomic mass is 16.2. The van der Waals surface area contributed by atoms with E-state index in [0.29, 0.717) is 5.56 Å². The van der Waals surface area contributed by atoms with Crippen molar-refractivity contribution in [1.29, 1.82) is 0 Å². The highest BCUT2D eigenvalue weighted by Crippen LogP contribution is 2.23. The molecule has 1 aliphatic rings. The second kappa shape index (κ2) is 5.49. The number of nitrogens with one attached hydrogen (secondary N) is 1. The van der Waals surface area contributed by atoms with Gasteiger partial charge in [0.25, 0.3) is 11.8 Å². The minimum Gasteiger partial charge on any atom is -0.268 e. The van der Waals surface area contributed by atoms with Gasteiger partial charge < -0.3 is 0 Å². The summed E-state index contributed by atoms with van der Waals surface area (Å²) in [5.74, 6) is -0.387. The summed E-state index contributed by atoms with van der Waals surface area (Å²) in [6.07, 6.45) is 3.63. The van der Waals surface area contributed by atoms with Crippen molar-refractivity contribution >= 4 is 11.8 Å². The van der Waals surface area contributed by atoms with Crippen LogP contribution in [0.5, 0.6) is 0 Å². The van der Waals surface area contributed by atoms with Crippen LogP contribution in [0.1, 0.15) is 44.0 Å². The van der Waals surface area contributed by atoms with Gasteiger partial charge >= 0.3 is 0 Å². The Kier molecular flexibility index (Phi) is 3.93.